The molecule has 158 valence electrons. The molecule has 1 heterocycles. The number of hydroxylamine groups is 2. The Kier molecular flexibility index (Phi) is 5.32. The van der Waals surface area contributed by atoms with Gasteiger partial charge in [-0.3, -0.25) is 0 Å². The SMILES string of the molecule is COC(=O)c1ccc([C@@H]2CC3(CCN2OC(=O)c2ccccc2)CC(F)(F)C3)cc1. The number of halogens is 2. The lowest BCUT2D eigenvalue weighted by Gasteiger charge is -2.53. The Morgan fingerprint density at radius 2 is 1.60 bits per heavy atom. The van der Waals surface area contributed by atoms with E-state index in [1.54, 1.807) is 53.6 Å². The van der Waals surface area contributed by atoms with Crippen molar-refractivity contribution < 1.29 is 27.9 Å². The molecular formula is C23H23F2NO4. The molecule has 0 radical (unpaired) electrons. The van der Waals surface area contributed by atoms with Gasteiger partial charge in [-0.15, -0.1) is 5.06 Å². The molecule has 0 amide bonds. The summed E-state index contributed by atoms with van der Waals surface area (Å²) in [6.45, 7) is 0.373. The van der Waals surface area contributed by atoms with Gasteiger partial charge in [0, 0.05) is 19.4 Å². The van der Waals surface area contributed by atoms with Crippen LogP contribution in [0.2, 0.25) is 0 Å². The minimum absolute atomic E-state index is 0.142. The summed E-state index contributed by atoms with van der Waals surface area (Å²) >= 11 is 0. The molecule has 2 aromatic carbocycles. The number of ether oxygens (including phenoxy) is 1. The van der Waals surface area contributed by atoms with E-state index in [2.05, 4.69) is 0 Å². The molecule has 1 atom stereocenters. The lowest BCUT2D eigenvalue weighted by atomic mass is 9.59. The molecule has 0 bridgehead atoms. The predicted molar refractivity (Wildman–Crippen MR) is 105 cm³/mol. The fourth-order valence-corrected chi connectivity index (χ4v) is 4.57. The summed E-state index contributed by atoms with van der Waals surface area (Å²) in [5.74, 6) is -3.56. The van der Waals surface area contributed by atoms with Crippen molar-refractivity contribution in [2.45, 2.75) is 37.6 Å². The summed E-state index contributed by atoms with van der Waals surface area (Å²) in [6.07, 6.45) is 0.720. The third-order valence-electron chi connectivity index (χ3n) is 6.03. The normalized spacial score (nSPS) is 22.2. The number of benzene rings is 2. The maximum atomic E-state index is 13.7. The van der Waals surface area contributed by atoms with Gasteiger partial charge < -0.3 is 9.57 Å². The third kappa shape index (κ3) is 4.07. The van der Waals surface area contributed by atoms with Gasteiger partial charge in [0.15, 0.2) is 0 Å². The first-order chi connectivity index (χ1) is 14.3. The average Bonchev–Trinajstić information content (AvgIpc) is 2.74. The molecule has 0 unspecified atom stereocenters. The van der Waals surface area contributed by atoms with Crippen LogP contribution in [0.4, 0.5) is 8.78 Å². The molecule has 1 saturated carbocycles. The standard InChI is InChI=1S/C23H23F2NO4/c1-29-20(27)18-9-7-16(8-10-18)19-13-22(14-23(24,25)15-22)11-12-26(19)30-21(28)17-5-3-2-4-6-17/h2-10,19H,11-15H2,1H3/t19-/m0/s1. The van der Waals surface area contributed by atoms with E-state index in [9.17, 15) is 18.4 Å². The molecular weight excluding hydrogens is 392 g/mol. The Hall–Kier alpha value is -2.80. The number of hydrogen-bond acceptors (Lipinski definition) is 5. The highest BCUT2D eigenvalue weighted by Gasteiger charge is 2.58. The van der Waals surface area contributed by atoms with Gasteiger partial charge in [0.2, 0.25) is 5.92 Å². The molecule has 30 heavy (non-hydrogen) atoms. The number of esters is 1. The van der Waals surface area contributed by atoms with Crippen LogP contribution in [0, 0.1) is 5.41 Å². The van der Waals surface area contributed by atoms with Crippen molar-refractivity contribution in [1.82, 2.24) is 5.06 Å². The molecule has 4 rings (SSSR count). The number of carbonyl (C=O) groups is 2. The van der Waals surface area contributed by atoms with Crippen LogP contribution in [0.25, 0.3) is 0 Å². The van der Waals surface area contributed by atoms with Crippen LogP contribution in [0.1, 0.15) is 58.0 Å². The molecule has 5 nitrogen and oxygen atoms in total. The number of alkyl halides is 2. The quantitative estimate of drug-likeness (QED) is 0.672. The summed E-state index contributed by atoms with van der Waals surface area (Å²) in [5.41, 5.74) is 1.17. The number of carbonyl (C=O) groups excluding carboxylic acids is 2. The zero-order valence-electron chi connectivity index (χ0n) is 16.6. The number of methoxy groups -OCH3 is 1. The highest BCUT2D eigenvalue weighted by molar-refractivity contribution is 5.89. The zero-order chi connectivity index (χ0) is 21.4. The van der Waals surface area contributed by atoms with Gasteiger partial charge in [-0.05, 0) is 48.1 Å². The summed E-state index contributed by atoms with van der Waals surface area (Å²) < 4.78 is 32.0. The molecule has 1 saturated heterocycles. The van der Waals surface area contributed by atoms with Crippen LogP contribution >= 0.6 is 0 Å². The number of piperidine rings is 1. The maximum Gasteiger partial charge on any atom is 0.357 e. The second kappa shape index (κ2) is 7.80. The molecule has 1 spiro atoms. The van der Waals surface area contributed by atoms with Crippen LogP contribution in [0.3, 0.4) is 0 Å². The Bertz CT molecular complexity index is 922. The van der Waals surface area contributed by atoms with Crippen LogP contribution in [0.15, 0.2) is 54.6 Å². The molecule has 1 aliphatic heterocycles. The second-order valence-corrected chi connectivity index (χ2v) is 8.18. The molecule has 0 aromatic heterocycles. The van der Waals surface area contributed by atoms with E-state index >= 15 is 0 Å². The van der Waals surface area contributed by atoms with E-state index in [0.717, 1.165) is 5.56 Å². The van der Waals surface area contributed by atoms with Gasteiger partial charge in [-0.25, -0.2) is 18.4 Å². The first-order valence-electron chi connectivity index (χ1n) is 9.91. The van der Waals surface area contributed by atoms with Crippen LogP contribution in [-0.2, 0) is 9.57 Å². The Balaban J connectivity index is 1.57. The third-order valence-corrected chi connectivity index (χ3v) is 6.03. The van der Waals surface area contributed by atoms with Gasteiger partial charge in [0.25, 0.3) is 0 Å². The predicted octanol–water partition coefficient (Wildman–Crippen LogP) is 4.80. The van der Waals surface area contributed by atoms with Crippen LogP contribution in [-0.4, -0.2) is 36.6 Å². The van der Waals surface area contributed by atoms with Crippen molar-refractivity contribution >= 4 is 11.9 Å². The van der Waals surface area contributed by atoms with Crippen molar-refractivity contribution in [3.63, 3.8) is 0 Å². The molecule has 2 aromatic rings. The van der Waals surface area contributed by atoms with Gasteiger partial charge in [0.05, 0.1) is 24.3 Å². The van der Waals surface area contributed by atoms with Crippen molar-refractivity contribution in [2.75, 3.05) is 13.7 Å². The van der Waals surface area contributed by atoms with E-state index in [4.69, 9.17) is 9.57 Å². The fraction of sp³-hybridized carbons (Fsp3) is 0.391. The van der Waals surface area contributed by atoms with E-state index in [1.807, 2.05) is 6.07 Å². The van der Waals surface area contributed by atoms with Crippen LogP contribution < -0.4 is 0 Å². The molecule has 2 fully saturated rings. The smallest absolute Gasteiger partial charge is 0.357 e. The molecule has 0 N–H and O–H groups in total. The Morgan fingerprint density at radius 3 is 2.20 bits per heavy atom. The largest absolute Gasteiger partial charge is 0.465 e. The van der Waals surface area contributed by atoms with Gasteiger partial charge >= 0.3 is 11.9 Å². The van der Waals surface area contributed by atoms with Crippen molar-refractivity contribution in [1.29, 1.82) is 0 Å². The zero-order valence-corrected chi connectivity index (χ0v) is 16.6. The summed E-state index contributed by atoms with van der Waals surface area (Å²) in [7, 11) is 1.31. The van der Waals surface area contributed by atoms with Gasteiger partial charge in [-0.1, -0.05) is 30.3 Å². The molecule has 2 aliphatic rings. The van der Waals surface area contributed by atoms with E-state index in [-0.39, 0.29) is 18.9 Å². The van der Waals surface area contributed by atoms with E-state index in [0.29, 0.717) is 30.5 Å². The average molecular weight is 415 g/mol. The Labute approximate surface area is 173 Å². The van der Waals surface area contributed by atoms with Crippen LogP contribution in [0.5, 0.6) is 0 Å². The number of hydrogen-bond donors (Lipinski definition) is 0. The van der Waals surface area contributed by atoms with Crippen molar-refractivity contribution in [2.24, 2.45) is 5.41 Å². The Morgan fingerprint density at radius 1 is 0.967 bits per heavy atom. The molecule has 1 aliphatic carbocycles. The summed E-state index contributed by atoms with van der Waals surface area (Å²) in [4.78, 5) is 30.0. The topological polar surface area (TPSA) is 55.8 Å². The molecule has 7 heteroatoms. The monoisotopic (exact) mass is 415 g/mol. The maximum absolute atomic E-state index is 13.7. The lowest BCUT2D eigenvalue weighted by molar-refractivity contribution is -0.228. The van der Waals surface area contributed by atoms with E-state index < -0.39 is 23.3 Å². The first kappa shape index (κ1) is 20.5. The fourth-order valence-electron chi connectivity index (χ4n) is 4.57. The van der Waals surface area contributed by atoms with Gasteiger partial charge in [-0.2, -0.15) is 0 Å². The second-order valence-electron chi connectivity index (χ2n) is 8.18. The minimum Gasteiger partial charge on any atom is -0.465 e. The highest BCUT2D eigenvalue weighted by atomic mass is 19.3. The van der Waals surface area contributed by atoms with Crippen molar-refractivity contribution in [3.05, 3.63) is 71.3 Å². The first-order valence-corrected chi connectivity index (χ1v) is 9.91. The van der Waals surface area contributed by atoms with Crippen molar-refractivity contribution in [3.8, 4) is 0 Å². The minimum atomic E-state index is -2.62. The lowest BCUT2D eigenvalue weighted by Crippen LogP contribution is -2.53. The van der Waals surface area contributed by atoms with E-state index in [1.165, 1.54) is 7.11 Å². The summed E-state index contributed by atoms with van der Waals surface area (Å²) in [5, 5.41) is 1.59. The highest BCUT2D eigenvalue weighted by Crippen LogP contribution is 2.60. The summed E-state index contributed by atoms with van der Waals surface area (Å²) in [6, 6.07) is 15.1. The van der Waals surface area contributed by atoms with Gasteiger partial charge in [0.1, 0.15) is 0 Å². The number of rotatable bonds is 4. The number of nitrogens with zero attached hydrogens (tertiary/aromatic N) is 1.